The molecule has 0 aromatic heterocycles. The van der Waals surface area contributed by atoms with Gasteiger partial charge in [-0.2, -0.15) is 5.26 Å². The lowest BCUT2D eigenvalue weighted by Crippen LogP contribution is -2.31. The molecule has 0 heterocycles. The maximum atomic E-state index is 9.01. The molecule has 1 aromatic rings. The predicted octanol–water partition coefficient (Wildman–Crippen LogP) is 2.99. The highest BCUT2D eigenvalue weighted by molar-refractivity contribution is 5.63. The van der Waals surface area contributed by atoms with Gasteiger partial charge in [-0.1, -0.05) is 20.8 Å². The number of hydrogen-bond acceptors (Lipinski definition) is 3. The van der Waals surface area contributed by atoms with Crippen LogP contribution in [-0.2, 0) is 0 Å². The summed E-state index contributed by atoms with van der Waals surface area (Å²) in [5.41, 5.74) is 7.84. The molecule has 3 heteroatoms. The summed E-state index contributed by atoms with van der Waals surface area (Å²) in [6, 6.07) is 7.79. The number of nitriles is 1. The quantitative estimate of drug-likeness (QED) is 0.748. The van der Waals surface area contributed by atoms with Gasteiger partial charge in [0.25, 0.3) is 0 Å². The van der Waals surface area contributed by atoms with Crippen LogP contribution in [0.2, 0.25) is 0 Å². The number of anilines is 2. The van der Waals surface area contributed by atoms with E-state index >= 15 is 0 Å². The van der Waals surface area contributed by atoms with Gasteiger partial charge in [0.15, 0.2) is 0 Å². The van der Waals surface area contributed by atoms with Crippen molar-refractivity contribution in [2.24, 2.45) is 5.41 Å². The molecule has 1 aromatic carbocycles. The van der Waals surface area contributed by atoms with E-state index in [9.17, 15) is 0 Å². The Hall–Kier alpha value is -1.69. The molecule has 0 radical (unpaired) electrons. The molecule has 0 aliphatic rings. The second-order valence-electron chi connectivity index (χ2n) is 5.15. The summed E-state index contributed by atoms with van der Waals surface area (Å²) in [7, 11) is 0. The second-order valence-corrected chi connectivity index (χ2v) is 5.15. The molecule has 0 spiro atoms. The third kappa shape index (κ3) is 2.90. The molecule has 1 atom stereocenters. The number of nitrogen functional groups attached to an aromatic ring is 1. The lowest BCUT2D eigenvalue weighted by atomic mass is 9.88. The summed E-state index contributed by atoms with van der Waals surface area (Å²) in [5, 5.41) is 12.4. The molecule has 3 nitrogen and oxygen atoms in total. The first kappa shape index (κ1) is 12.4. The molecule has 0 aliphatic heterocycles. The van der Waals surface area contributed by atoms with Crippen molar-refractivity contribution >= 4 is 11.4 Å². The van der Waals surface area contributed by atoms with E-state index in [1.807, 2.05) is 6.07 Å². The van der Waals surface area contributed by atoms with Crippen LogP contribution in [-0.4, -0.2) is 6.04 Å². The second kappa shape index (κ2) is 4.44. The molecule has 1 rings (SSSR count). The van der Waals surface area contributed by atoms with E-state index in [1.54, 1.807) is 12.1 Å². The fourth-order valence-electron chi connectivity index (χ4n) is 1.23. The van der Waals surface area contributed by atoms with Crippen molar-refractivity contribution in [3.8, 4) is 6.07 Å². The van der Waals surface area contributed by atoms with Gasteiger partial charge < -0.3 is 11.1 Å². The lowest BCUT2D eigenvalue weighted by Gasteiger charge is -2.29. The Bertz CT molecular complexity index is 410. The van der Waals surface area contributed by atoms with Gasteiger partial charge in [-0.15, -0.1) is 0 Å². The van der Waals surface area contributed by atoms with E-state index in [2.05, 4.69) is 39.1 Å². The van der Waals surface area contributed by atoms with E-state index in [0.29, 0.717) is 11.3 Å². The highest BCUT2D eigenvalue weighted by Gasteiger charge is 2.20. The first-order valence-electron chi connectivity index (χ1n) is 5.41. The normalized spacial score (nSPS) is 12.9. The molecule has 0 amide bonds. The van der Waals surface area contributed by atoms with Gasteiger partial charge in [0, 0.05) is 11.7 Å². The Kier molecular flexibility index (Phi) is 3.44. The van der Waals surface area contributed by atoms with Gasteiger partial charge in [0.2, 0.25) is 0 Å². The van der Waals surface area contributed by atoms with E-state index in [4.69, 9.17) is 11.0 Å². The highest BCUT2D eigenvalue weighted by atomic mass is 14.9. The van der Waals surface area contributed by atoms with E-state index in [0.717, 1.165) is 5.69 Å². The summed E-state index contributed by atoms with van der Waals surface area (Å²) in [4.78, 5) is 0. The highest BCUT2D eigenvalue weighted by Crippen LogP contribution is 2.25. The van der Waals surface area contributed by atoms with E-state index < -0.39 is 0 Å². The van der Waals surface area contributed by atoms with Gasteiger partial charge in [0.05, 0.1) is 11.3 Å². The van der Waals surface area contributed by atoms with Crippen LogP contribution < -0.4 is 11.1 Å². The Morgan fingerprint density at radius 2 is 2.00 bits per heavy atom. The molecule has 0 fully saturated rings. The number of nitrogens with one attached hydrogen (secondary N) is 1. The van der Waals surface area contributed by atoms with Crippen LogP contribution in [0.25, 0.3) is 0 Å². The monoisotopic (exact) mass is 217 g/mol. The smallest absolute Gasteiger partial charge is 0.101 e. The van der Waals surface area contributed by atoms with Gasteiger partial charge in [0.1, 0.15) is 6.07 Å². The summed E-state index contributed by atoms with van der Waals surface area (Å²) >= 11 is 0. The standard InChI is InChI=1S/C13H19N3/c1-9(13(2,3)4)16-12-6-5-11(15)7-10(12)8-14/h5-7,9,16H,15H2,1-4H3. The number of nitrogens with zero attached hydrogens (tertiary/aromatic N) is 1. The molecule has 1 unspecified atom stereocenters. The topological polar surface area (TPSA) is 61.8 Å². The Balaban J connectivity index is 2.95. The summed E-state index contributed by atoms with van der Waals surface area (Å²) < 4.78 is 0. The van der Waals surface area contributed by atoms with Crippen LogP contribution >= 0.6 is 0 Å². The van der Waals surface area contributed by atoms with Crippen LogP contribution in [0.4, 0.5) is 11.4 Å². The Morgan fingerprint density at radius 1 is 1.38 bits per heavy atom. The minimum Gasteiger partial charge on any atom is -0.399 e. The molecule has 0 saturated carbocycles. The summed E-state index contributed by atoms with van der Waals surface area (Å²) in [6.45, 7) is 8.59. The summed E-state index contributed by atoms with van der Waals surface area (Å²) in [6.07, 6.45) is 0. The van der Waals surface area contributed by atoms with Crippen LogP contribution in [0.5, 0.6) is 0 Å². The van der Waals surface area contributed by atoms with Crippen molar-refractivity contribution < 1.29 is 0 Å². The van der Waals surface area contributed by atoms with Gasteiger partial charge >= 0.3 is 0 Å². The molecular formula is C13H19N3. The maximum Gasteiger partial charge on any atom is 0.101 e. The average Bonchev–Trinajstić information content (AvgIpc) is 2.19. The molecular weight excluding hydrogens is 198 g/mol. The molecule has 16 heavy (non-hydrogen) atoms. The van der Waals surface area contributed by atoms with Crippen molar-refractivity contribution in [2.45, 2.75) is 33.7 Å². The van der Waals surface area contributed by atoms with Crippen molar-refractivity contribution in [3.05, 3.63) is 23.8 Å². The van der Waals surface area contributed by atoms with Crippen molar-refractivity contribution in [2.75, 3.05) is 11.1 Å². The first-order chi connectivity index (χ1) is 7.34. The van der Waals surface area contributed by atoms with Crippen LogP contribution in [0, 0.1) is 16.7 Å². The minimum absolute atomic E-state index is 0.147. The van der Waals surface area contributed by atoms with Crippen LogP contribution in [0.1, 0.15) is 33.3 Å². The molecule has 0 saturated heterocycles. The molecule has 0 bridgehead atoms. The number of nitrogens with two attached hydrogens (primary N) is 1. The fourth-order valence-corrected chi connectivity index (χ4v) is 1.23. The zero-order valence-corrected chi connectivity index (χ0v) is 10.3. The van der Waals surface area contributed by atoms with Crippen LogP contribution in [0.3, 0.4) is 0 Å². The predicted molar refractivity (Wildman–Crippen MR) is 68.1 cm³/mol. The van der Waals surface area contributed by atoms with E-state index in [1.165, 1.54) is 0 Å². The van der Waals surface area contributed by atoms with Crippen molar-refractivity contribution in [1.82, 2.24) is 0 Å². The zero-order chi connectivity index (χ0) is 12.3. The summed E-state index contributed by atoms with van der Waals surface area (Å²) in [5.74, 6) is 0. The van der Waals surface area contributed by atoms with Crippen molar-refractivity contribution in [1.29, 1.82) is 5.26 Å². The number of rotatable bonds is 2. The third-order valence-corrected chi connectivity index (χ3v) is 2.84. The maximum absolute atomic E-state index is 9.01. The van der Waals surface area contributed by atoms with Crippen molar-refractivity contribution in [3.63, 3.8) is 0 Å². The number of benzene rings is 1. The van der Waals surface area contributed by atoms with Gasteiger partial charge in [-0.25, -0.2) is 0 Å². The SMILES string of the molecule is CC(Nc1ccc(N)cc1C#N)C(C)(C)C. The Morgan fingerprint density at radius 3 is 2.50 bits per heavy atom. The third-order valence-electron chi connectivity index (χ3n) is 2.84. The molecule has 0 aliphatic carbocycles. The lowest BCUT2D eigenvalue weighted by molar-refractivity contribution is 0.359. The largest absolute Gasteiger partial charge is 0.399 e. The van der Waals surface area contributed by atoms with Gasteiger partial charge in [-0.3, -0.25) is 0 Å². The average molecular weight is 217 g/mol. The van der Waals surface area contributed by atoms with Crippen LogP contribution in [0.15, 0.2) is 18.2 Å². The van der Waals surface area contributed by atoms with Gasteiger partial charge in [-0.05, 0) is 30.5 Å². The number of hydrogen-bond donors (Lipinski definition) is 2. The minimum atomic E-state index is 0.147. The first-order valence-corrected chi connectivity index (χ1v) is 5.41. The molecule has 3 N–H and O–H groups in total. The Labute approximate surface area is 97.3 Å². The fraction of sp³-hybridized carbons (Fsp3) is 0.462. The molecule has 86 valence electrons. The zero-order valence-electron chi connectivity index (χ0n) is 10.3. The van der Waals surface area contributed by atoms with E-state index in [-0.39, 0.29) is 11.5 Å².